The molecule has 17 heavy (non-hydrogen) atoms. The van der Waals surface area contributed by atoms with Gasteiger partial charge in [-0.25, -0.2) is 0 Å². The molecular formula is C12H21BrN4. The van der Waals surface area contributed by atoms with Gasteiger partial charge >= 0.3 is 0 Å². The van der Waals surface area contributed by atoms with Crippen molar-refractivity contribution in [2.24, 2.45) is 7.05 Å². The summed E-state index contributed by atoms with van der Waals surface area (Å²) in [5, 5.41) is 7.94. The molecule has 1 aromatic rings. The smallest absolute Gasteiger partial charge is 0.0739 e. The Balaban J connectivity index is 1.81. The second-order valence-corrected chi connectivity index (χ2v) is 5.73. The van der Waals surface area contributed by atoms with Crippen molar-refractivity contribution in [3.63, 3.8) is 0 Å². The fraction of sp³-hybridized carbons (Fsp3) is 0.750. The predicted octanol–water partition coefficient (Wildman–Crippen LogP) is 1.67. The van der Waals surface area contributed by atoms with Gasteiger partial charge in [-0.3, -0.25) is 9.58 Å². The first-order chi connectivity index (χ1) is 8.08. The molecule has 2 rings (SSSR count). The number of hydrogen-bond acceptors (Lipinski definition) is 3. The molecule has 0 saturated heterocycles. The first kappa shape index (κ1) is 13.1. The van der Waals surface area contributed by atoms with E-state index in [1.165, 1.54) is 18.5 Å². The minimum Gasteiger partial charge on any atom is -0.313 e. The Hall–Kier alpha value is -0.390. The summed E-state index contributed by atoms with van der Waals surface area (Å²) in [4.78, 5) is 2.33. The quantitative estimate of drug-likeness (QED) is 0.868. The third kappa shape index (κ3) is 3.53. The third-order valence-corrected chi connectivity index (χ3v) is 4.22. The van der Waals surface area contributed by atoms with Gasteiger partial charge in [-0.05, 0) is 42.7 Å². The van der Waals surface area contributed by atoms with Gasteiger partial charge in [0.2, 0.25) is 0 Å². The molecule has 1 fully saturated rings. The summed E-state index contributed by atoms with van der Waals surface area (Å²) in [6, 6.07) is 0.800. The number of halogens is 1. The molecule has 4 nitrogen and oxygen atoms in total. The molecule has 1 heterocycles. The Kier molecular flexibility index (Phi) is 4.22. The number of rotatable bonds is 6. The molecule has 5 heteroatoms. The van der Waals surface area contributed by atoms with Crippen LogP contribution in [0, 0.1) is 6.92 Å². The highest BCUT2D eigenvalue weighted by Crippen LogP contribution is 2.21. The molecule has 1 aromatic heterocycles. The zero-order chi connectivity index (χ0) is 12.4. The van der Waals surface area contributed by atoms with Crippen LogP contribution in [0.1, 0.15) is 24.2 Å². The Morgan fingerprint density at radius 2 is 2.24 bits per heavy atom. The standard InChI is InChI=1S/C12H21BrN4/c1-9-12(13)11(17(3)15-9)8-16(2)7-6-14-10-4-5-10/h10,14H,4-8H2,1-3H3. The Morgan fingerprint density at radius 3 is 2.76 bits per heavy atom. The molecule has 0 bridgehead atoms. The van der Waals surface area contributed by atoms with Gasteiger partial charge < -0.3 is 5.32 Å². The molecule has 1 N–H and O–H groups in total. The summed E-state index contributed by atoms with van der Waals surface area (Å²) in [7, 11) is 4.16. The van der Waals surface area contributed by atoms with Crippen molar-refractivity contribution >= 4 is 15.9 Å². The molecule has 1 aliphatic carbocycles. The van der Waals surface area contributed by atoms with Crippen LogP contribution in [0.5, 0.6) is 0 Å². The topological polar surface area (TPSA) is 33.1 Å². The maximum atomic E-state index is 4.41. The second kappa shape index (κ2) is 5.50. The van der Waals surface area contributed by atoms with Gasteiger partial charge in [0.15, 0.2) is 0 Å². The van der Waals surface area contributed by atoms with Crippen LogP contribution in [0.2, 0.25) is 0 Å². The molecule has 96 valence electrons. The number of nitrogens with one attached hydrogen (secondary N) is 1. The molecule has 0 radical (unpaired) electrons. The van der Waals surface area contributed by atoms with Crippen LogP contribution in [0.3, 0.4) is 0 Å². The molecule has 1 saturated carbocycles. The van der Waals surface area contributed by atoms with Gasteiger partial charge in [0.05, 0.1) is 15.9 Å². The fourth-order valence-corrected chi connectivity index (χ4v) is 2.39. The van der Waals surface area contributed by atoms with Gasteiger partial charge in [-0.1, -0.05) is 0 Å². The molecule has 0 spiro atoms. The maximum Gasteiger partial charge on any atom is 0.0739 e. The minimum atomic E-state index is 0.800. The van der Waals surface area contributed by atoms with E-state index in [1.807, 2.05) is 18.7 Å². The summed E-state index contributed by atoms with van der Waals surface area (Å²) in [5.41, 5.74) is 2.31. The minimum absolute atomic E-state index is 0.800. The van der Waals surface area contributed by atoms with Crippen LogP contribution in [-0.2, 0) is 13.6 Å². The Labute approximate surface area is 111 Å². The Morgan fingerprint density at radius 1 is 1.53 bits per heavy atom. The molecule has 0 amide bonds. The van der Waals surface area contributed by atoms with E-state index >= 15 is 0 Å². The summed E-state index contributed by atoms with van der Waals surface area (Å²) in [6.07, 6.45) is 2.71. The summed E-state index contributed by atoms with van der Waals surface area (Å²) >= 11 is 3.61. The summed E-state index contributed by atoms with van der Waals surface area (Å²) in [6.45, 7) is 5.12. The van der Waals surface area contributed by atoms with Crippen LogP contribution in [-0.4, -0.2) is 40.9 Å². The monoisotopic (exact) mass is 300 g/mol. The van der Waals surface area contributed by atoms with Crippen molar-refractivity contribution in [3.8, 4) is 0 Å². The number of nitrogens with zero attached hydrogens (tertiary/aromatic N) is 3. The van der Waals surface area contributed by atoms with E-state index in [0.717, 1.165) is 35.8 Å². The van der Waals surface area contributed by atoms with Crippen molar-refractivity contribution < 1.29 is 0 Å². The number of aryl methyl sites for hydroxylation is 2. The average molecular weight is 301 g/mol. The summed E-state index contributed by atoms with van der Waals surface area (Å²) < 4.78 is 3.10. The molecule has 1 aliphatic rings. The highest BCUT2D eigenvalue weighted by Gasteiger charge is 2.20. The number of likely N-dealkylation sites (N-methyl/N-ethyl adjacent to an activating group) is 1. The lowest BCUT2D eigenvalue weighted by molar-refractivity contribution is 0.314. The normalized spacial score (nSPS) is 15.8. The molecule has 0 aliphatic heterocycles. The number of hydrogen-bond donors (Lipinski definition) is 1. The zero-order valence-corrected chi connectivity index (χ0v) is 12.4. The van der Waals surface area contributed by atoms with Crippen molar-refractivity contribution in [3.05, 3.63) is 15.9 Å². The van der Waals surface area contributed by atoms with Crippen molar-refractivity contribution in [2.45, 2.75) is 32.4 Å². The van der Waals surface area contributed by atoms with E-state index in [1.54, 1.807) is 0 Å². The second-order valence-electron chi connectivity index (χ2n) is 4.94. The van der Waals surface area contributed by atoms with Crippen molar-refractivity contribution in [1.82, 2.24) is 20.0 Å². The van der Waals surface area contributed by atoms with E-state index < -0.39 is 0 Å². The van der Waals surface area contributed by atoms with Crippen molar-refractivity contribution in [2.75, 3.05) is 20.1 Å². The Bertz CT molecular complexity index is 384. The maximum absolute atomic E-state index is 4.41. The SMILES string of the molecule is Cc1nn(C)c(CN(C)CCNC2CC2)c1Br. The lowest BCUT2D eigenvalue weighted by atomic mass is 10.3. The van der Waals surface area contributed by atoms with E-state index in [9.17, 15) is 0 Å². The first-order valence-electron chi connectivity index (χ1n) is 6.18. The van der Waals surface area contributed by atoms with E-state index in [4.69, 9.17) is 0 Å². The lowest BCUT2D eigenvalue weighted by Crippen LogP contribution is -2.30. The van der Waals surface area contributed by atoms with E-state index in [-0.39, 0.29) is 0 Å². The number of aromatic nitrogens is 2. The largest absolute Gasteiger partial charge is 0.313 e. The van der Waals surface area contributed by atoms with Crippen LogP contribution >= 0.6 is 15.9 Å². The lowest BCUT2D eigenvalue weighted by Gasteiger charge is -2.17. The van der Waals surface area contributed by atoms with Gasteiger partial charge in [0.25, 0.3) is 0 Å². The third-order valence-electron chi connectivity index (χ3n) is 3.19. The molecular weight excluding hydrogens is 280 g/mol. The summed E-state index contributed by atoms with van der Waals surface area (Å²) in [5.74, 6) is 0. The van der Waals surface area contributed by atoms with Crippen LogP contribution < -0.4 is 5.32 Å². The zero-order valence-electron chi connectivity index (χ0n) is 10.8. The van der Waals surface area contributed by atoms with Crippen LogP contribution in [0.4, 0.5) is 0 Å². The van der Waals surface area contributed by atoms with Gasteiger partial charge in [0, 0.05) is 32.7 Å². The average Bonchev–Trinajstić information content (AvgIpc) is 3.04. The van der Waals surface area contributed by atoms with Gasteiger partial charge in [0.1, 0.15) is 0 Å². The first-order valence-corrected chi connectivity index (χ1v) is 6.97. The highest BCUT2D eigenvalue weighted by molar-refractivity contribution is 9.10. The van der Waals surface area contributed by atoms with E-state index in [0.29, 0.717) is 0 Å². The predicted molar refractivity (Wildman–Crippen MR) is 73.0 cm³/mol. The van der Waals surface area contributed by atoms with Gasteiger partial charge in [-0.2, -0.15) is 5.10 Å². The molecule has 0 unspecified atom stereocenters. The van der Waals surface area contributed by atoms with Gasteiger partial charge in [-0.15, -0.1) is 0 Å². The van der Waals surface area contributed by atoms with Crippen LogP contribution in [0.25, 0.3) is 0 Å². The molecule has 0 aromatic carbocycles. The molecule has 0 atom stereocenters. The van der Waals surface area contributed by atoms with Crippen LogP contribution in [0.15, 0.2) is 4.47 Å². The van der Waals surface area contributed by atoms with Crippen molar-refractivity contribution in [1.29, 1.82) is 0 Å². The fourth-order valence-electron chi connectivity index (χ4n) is 1.93. The van der Waals surface area contributed by atoms with E-state index in [2.05, 4.69) is 38.3 Å². The highest BCUT2D eigenvalue weighted by atomic mass is 79.9.